The lowest BCUT2D eigenvalue weighted by molar-refractivity contribution is 0.483. The van der Waals surface area contributed by atoms with Crippen molar-refractivity contribution < 1.29 is 4.74 Å². The van der Waals surface area contributed by atoms with Gasteiger partial charge in [0.15, 0.2) is 0 Å². The van der Waals surface area contributed by atoms with Crippen molar-refractivity contribution in [1.29, 1.82) is 0 Å². The molecule has 3 aromatic heterocycles. The number of aromatic nitrogens is 4. The van der Waals surface area contributed by atoms with Gasteiger partial charge >= 0.3 is 0 Å². The Bertz CT molecular complexity index is 2270. The molecule has 0 aliphatic heterocycles. The fraction of sp³-hybridized carbons (Fsp3) is 0.289. The summed E-state index contributed by atoms with van der Waals surface area (Å²) in [5.41, 5.74) is 12.6. The molecule has 0 fully saturated rings. The van der Waals surface area contributed by atoms with Crippen LogP contribution >= 0.6 is 0 Å². The van der Waals surface area contributed by atoms with Crippen LogP contribution in [0.3, 0.4) is 0 Å². The minimum absolute atomic E-state index is 0.615. The Morgan fingerprint density at radius 1 is 0.700 bits per heavy atom. The number of nitrogens with zero attached hydrogens (tertiary/aromatic N) is 4. The summed E-state index contributed by atoms with van der Waals surface area (Å²) in [4.78, 5) is 4.73. The van der Waals surface area contributed by atoms with E-state index < -0.39 is 0 Å². The van der Waals surface area contributed by atoms with E-state index in [-0.39, 0.29) is 0 Å². The zero-order valence-corrected chi connectivity index (χ0v) is 30.5. The minimum Gasteiger partial charge on any atom is -0.457 e. The van der Waals surface area contributed by atoms with E-state index in [1.807, 2.05) is 35.3 Å². The lowest BCUT2D eigenvalue weighted by Crippen LogP contribution is -2.09. The number of fused-ring (bicyclic) bond motifs is 3. The smallest absolute Gasteiger partial charge is 0.137 e. The first-order valence-electron chi connectivity index (χ1n) is 18.2. The maximum absolute atomic E-state index is 6.56. The maximum atomic E-state index is 6.56. The van der Waals surface area contributed by atoms with Gasteiger partial charge in [-0.25, -0.2) is 9.67 Å². The Hall–Kier alpha value is -5.16. The Morgan fingerprint density at radius 2 is 1.40 bits per heavy atom. The summed E-state index contributed by atoms with van der Waals surface area (Å²) in [6.45, 7) is 16.0. The number of benzene rings is 4. The second kappa shape index (κ2) is 14.0. The largest absolute Gasteiger partial charge is 0.457 e. The Morgan fingerprint density at radius 3 is 2.12 bits per heavy atom. The number of para-hydroxylation sites is 1. The number of ether oxygens (including phenoxy) is 1. The van der Waals surface area contributed by atoms with Crippen LogP contribution in [0.25, 0.3) is 44.4 Å². The molecular formula is C45H48N4O. The highest BCUT2D eigenvalue weighted by Crippen LogP contribution is 2.38. The molecule has 4 aromatic carbocycles. The molecule has 0 bridgehead atoms. The number of rotatable bonds is 11. The number of hydrogen-bond donors (Lipinski definition) is 0. The van der Waals surface area contributed by atoms with Gasteiger partial charge in [0.2, 0.25) is 0 Å². The van der Waals surface area contributed by atoms with E-state index in [1.165, 1.54) is 49.7 Å². The standard InChI is InChI=1S/C45H48N4O/c1-8-29(3)21-40-32(6)24-33(7)41(22-30(4)9-2)45(40)34-27-47-48(28-34)35-13-12-14-36(25-35)50-37-17-18-39-38-15-10-11-16-42(38)49(43(39)26-37)44-23-31(5)19-20-46-44/h10-20,23-30H,8-9,21-22H2,1-7H3. The average Bonchev–Trinajstić information content (AvgIpc) is 3.73. The minimum atomic E-state index is 0.615. The van der Waals surface area contributed by atoms with E-state index in [1.54, 1.807) is 0 Å². The SMILES string of the molecule is CCC(C)Cc1c(C)cc(C)c(CC(C)CC)c1-c1cnn(-c2cccc(Oc3ccc4c5ccccc5n(-c5cc(C)ccn5)c4c3)c2)c1. The molecule has 0 radical (unpaired) electrons. The first kappa shape index (κ1) is 33.3. The Labute approximate surface area is 296 Å². The highest BCUT2D eigenvalue weighted by molar-refractivity contribution is 6.09. The lowest BCUT2D eigenvalue weighted by Gasteiger charge is -2.23. The normalized spacial score (nSPS) is 12.9. The second-order valence-electron chi connectivity index (χ2n) is 14.3. The highest BCUT2D eigenvalue weighted by Gasteiger charge is 2.21. The van der Waals surface area contributed by atoms with Crippen molar-refractivity contribution in [1.82, 2.24) is 19.3 Å². The molecule has 2 unspecified atom stereocenters. The third-order valence-corrected chi connectivity index (χ3v) is 10.5. The molecule has 0 amide bonds. The number of hydrogen-bond acceptors (Lipinski definition) is 3. The molecule has 0 N–H and O–H groups in total. The van der Waals surface area contributed by atoms with Crippen molar-refractivity contribution in [3.05, 3.63) is 131 Å². The van der Waals surface area contributed by atoms with Gasteiger partial charge in [0.1, 0.15) is 17.3 Å². The van der Waals surface area contributed by atoms with Gasteiger partial charge in [-0.15, -0.1) is 0 Å². The van der Waals surface area contributed by atoms with E-state index in [9.17, 15) is 0 Å². The first-order chi connectivity index (χ1) is 24.2. The van der Waals surface area contributed by atoms with Crippen LogP contribution in [0.4, 0.5) is 0 Å². The van der Waals surface area contributed by atoms with Crippen LogP contribution in [0.1, 0.15) is 68.4 Å². The average molecular weight is 661 g/mol. The highest BCUT2D eigenvalue weighted by atomic mass is 16.5. The molecule has 0 aliphatic carbocycles. The van der Waals surface area contributed by atoms with Gasteiger partial charge < -0.3 is 4.74 Å². The van der Waals surface area contributed by atoms with E-state index >= 15 is 0 Å². The second-order valence-corrected chi connectivity index (χ2v) is 14.3. The van der Waals surface area contributed by atoms with Crippen molar-refractivity contribution in [3.63, 3.8) is 0 Å². The molecule has 50 heavy (non-hydrogen) atoms. The maximum Gasteiger partial charge on any atom is 0.137 e. The fourth-order valence-corrected chi connectivity index (χ4v) is 7.26. The third-order valence-electron chi connectivity index (χ3n) is 10.5. The molecule has 3 heterocycles. The van der Waals surface area contributed by atoms with Gasteiger partial charge in [-0.3, -0.25) is 4.57 Å². The van der Waals surface area contributed by atoms with Gasteiger partial charge in [-0.2, -0.15) is 5.10 Å². The molecule has 5 nitrogen and oxygen atoms in total. The van der Waals surface area contributed by atoms with Crippen LogP contribution in [0.2, 0.25) is 0 Å². The van der Waals surface area contributed by atoms with E-state index in [4.69, 9.17) is 14.8 Å². The summed E-state index contributed by atoms with van der Waals surface area (Å²) >= 11 is 0. The summed E-state index contributed by atoms with van der Waals surface area (Å²) in [5, 5.41) is 7.28. The Kier molecular flexibility index (Phi) is 9.33. The predicted octanol–water partition coefficient (Wildman–Crippen LogP) is 11.9. The molecule has 0 aliphatic rings. The fourth-order valence-electron chi connectivity index (χ4n) is 7.26. The van der Waals surface area contributed by atoms with Crippen LogP contribution in [-0.2, 0) is 12.8 Å². The molecule has 2 atom stereocenters. The van der Waals surface area contributed by atoms with Gasteiger partial charge in [0.25, 0.3) is 0 Å². The van der Waals surface area contributed by atoms with Gasteiger partial charge in [0, 0.05) is 40.9 Å². The zero-order chi connectivity index (χ0) is 34.9. The van der Waals surface area contributed by atoms with Crippen LogP contribution in [0, 0.1) is 32.6 Å². The quantitative estimate of drug-likeness (QED) is 0.139. The van der Waals surface area contributed by atoms with Gasteiger partial charge in [-0.05, 0) is 121 Å². The third kappa shape index (κ3) is 6.45. The first-order valence-corrected chi connectivity index (χ1v) is 18.2. The van der Waals surface area contributed by atoms with Crippen molar-refractivity contribution in [2.24, 2.45) is 11.8 Å². The molecule has 7 rings (SSSR count). The summed E-state index contributed by atoms with van der Waals surface area (Å²) < 4.78 is 10.8. The van der Waals surface area contributed by atoms with Crippen molar-refractivity contribution >= 4 is 21.8 Å². The predicted molar refractivity (Wildman–Crippen MR) is 208 cm³/mol. The summed E-state index contributed by atoms with van der Waals surface area (Å²) in [6.07, 6.45) is 10.6. The van der Waals surface area contributed by atoms with Crippen molar-refractivity contribution in [2.75, 3.05) is 0 Å². The van der Waals surface area contributed by atoms with Crippen molar-refractivity contribution in [2.45, 2.75) is 74.1 Å². The van der Waals surface area contributed by atoms with Crippen LogP contribution in [-0.4, -0.2) is 19.3 Å². The molecule has 0 saturated carbocycles. The van der Waals surface area contributed by atoms with E-state index in [0.717, 1.165) is 59.7 Å². The van der Waals surface area contributed by atoms with E-state index in [2.05, 4.69) is 126 Å². The Balaban J connectivity index is 1.25. The van der Waals surface area contributed by atoms with Crippen LogP contribution < -0.4 is 4.74 Å². The summed E-state index contributed by atoms with van der Waals surface area (Å²) in [5.74, 6) is 3.66. The molecule has 7 aromatic rings. The molecule has 0 spiro atoms. The van der Waals surface area contributed by atoms with Crippen molar-refractivity contribution in [3.8, 4) is 34.1 Å². The molecule has 0 saturated heterocycles. The lowest BCUT2D eigenvalue weighted by atomic mass is 9.82. The zero-order valence-electron chi connectivity index (χ0n) is 30.5. The summed E-state index contributed by atoms with van der Waals surface area (Å²) in [6, 6.07) is 29.6. The monoisotopic (exact) mass is 660 g/mol. The number of aryl methyl sites for hydroxylation is 3. The van der Waals surface area contributed by atoms with Gasteiger partial charge in [0.05, 0.1) is 22.9 Å². The summed E-state index contributed by atoms with van der Waals surface area (Å²) in [7, 11) is 0. The van der Waals surface area contributed by atoms with E-state index in [0.29, 0.717) is 11.8 Å². The number of pyridine rings is 1. The molecule has 5 heteroatoms. The van der Waals surface area contributed by atoms with Crippen LogP contribution in [0.5, 0.6) is 11.5 Å². The molecule has 254 valence electrons. The topological polar surface area (TPSA) is 44.9 Å². The molecular weight excluding hydrogens is 613 g/mol. The van der Waals surface area contributed by atoms with Crippen LogP contribution in [0.15, 0.2) is 104 Å². The van der Waals surface area contributed by atoms with Gasteiger partial charge in [-0.1, -0.05) is 70.9 Å².